The molecule has 24 heavy (non-hydrogen) atoms. The molecule has 1 aromatic carbocycles. The zero-order valence-electron chi connectivity index (χ0n) is 12.3. The minimum Gasteiger partial charge on any atom is -0.380 e. The smallest absolute Gasteiger partial charge is 0.188 e. The van der Waals surface area contributed by atoms with Crippen molar-refractivity contribution in [3.05, 3.63) is 71.4 Å². The summed E-state index contributed by atoms with van der Waals surface area (Å²) in [5, 5.41) is 20.5. The molecule has 0 aliphatic heterocycles. The zero-order chi connectivity index (χ0) is 16.5. The highest BCUT2D eigenvalue weighted by Crippen LogP contribution is 2.25. The Labute approximate surface area is 140 Å². The average Bonchev–Trinajstić information content (AvgIpc) is 3.26. The first-order valence-corrected chi connectivity index (χ1v) is 8.04. The number of aliphatic hydroxyl groups excluding tert-OH is 1. The fraction of sp³-hybridized carbons (Fsp3) is 0.0625. The molecule has 0 bridgehead atoms. The summed E-state index contributed by atoms with van der Waals surface area (Å²) in [5.74, 6) is 0.393. The number of aromatic nitrogens is 4. The molecule has 3 aromatic heterocycles. The van der Waals surface area contributed by atoms with Crippen LogP contribution in [0.5, 0.6) is 0 Å². The first-order valence-electron chi connectivity index (χ1n) is 7.16. The second-order valence-corrected chi connectivity index (χ2v) is 5.97. The van der Waals surface area contributed by atoms with E-state index in [0.717, 1.165) is 5.52 Å². The van der Waals surface area contributed by atoms with Gasteiger partial charge in [0.1, 0.15) is 17.4 Å². The van der Waals surface area contributed by atoms with Gasteiger partial charge in [-0.2, -0.15) is 0 Å². The molecule has 6 nitrogen and oxygen atoms in total. The summed E-state index contributed by atoms with van der Waals surface area (Å²) >= 11 is 1.45. The molecule has 1 atom stereocenters. The Bertz CT molecular complexity index is 968. The van der Waals surface area contributed by atoms with Crippen LogP contribution < -0.4 is 5.32 Å². The molecule has 0 fully saturated rings. The predicted molar refractivity (Wildman–Crippen MR) is 88.8 cm³/mol. The number of fused-ring (bicyclic) bond motifs is 1. The van der Waals surface area contributed by atoms with Gasteiger partial charge < -0.3 is 10.4 Å². The van der Waals surface area contributed by atoms with E-state index in [2.05, 4.69) is 20.4 Å². The standard InChI is InChI=1S/C16H12FN5OS/c17-11-5-3-10(4-6-11)13(23)15-19-14(20-16-18-7-9-24-16)12-2-1-8-22(12)21-15/h1-9,13,23H,(H,18,19,20,21). The molecule has 0 radical (unpaired) electrons. The van der Waals surface area contributed by atoms with E-state index in [-0.39, 0.29) is 11.6 Å². The van der Waals surface area contributed by atoms with E-state index >= 15 is 0 Å². The lowest BCUT2D eigenvalue weighted by Gasteiger charge is -2.12. The van der Waals surface area contributed by atoms with Crippen molar-refractivity contribution < 1.29 is 9.50 Å². The number of hydrogen-bond donors (Lipinski definition) is 2. The number of hydrogen-bond acceptors (Lipinski definition) is 6. The molecule has 8 heteroatoms. The predicted octanol–water partition coefficient (Wildman–Crippen LogP) is 3.15. The molecule has 0 saturated heterocycles. The molecule has 4 aromatic rings. The van der Waals surface area contributed by atoms with Crippen molar-refractivity contribution in [1.82, 2.24) is 19.6 Å². The van der Waals surface area contributed by atoms with Crippen molar-refractivity contribution >= 4 is 27.8 Å². The summed E-state index contributed by atoms with van der Waals surface area (Å²) in [6, 6.07) is 9.31. The van der Waals surface area contributed by atoms with Gasteiger partial charge in [0.2, 0.25) is 0 Å². The van der Waals surface area contributed by atoms with Gasteiger partial charge in [-0.1, -0.05) is 12.1 Å². The van der Waals surface area contributed by atoms with Gasteiger partial charge in [-0.15, -0.1) is 16.4 Å². The van der Waals surface area contributed by atoms with Crippen LogP contribution in [0.2, 0.25) is 0 Å². The number of halogens is 1. The van der Waals surface area contributed by atoms with Crippen LogP contribution in [-0.4, -0.2) is 24.7 Å². The number of anilines is 2. The van der Waals surface area contributed by atoms with Crippen molar-refractivity contribution in [2.75, 3.05) is 5.32 Å². The highest BCUT2D eigenvalue weighted by atomic mass is 32.1. The second kappa shape index (κ2) is 5.99. The molecule has 0 aliphatic carbocycles. The molecule has 2 N–H and O–H groups in total. The molecule has 120 valence electrons. The summed E-state index contributed by atoms with van der Waals surface area (Å²) in [4.78, 5) is 8.61. The van der Waals surface area contributed by atoms with E-state index in [1.165, 1.54) is 35.6 Å². The van der Waals surface area contributed by atoms with Gasteiger partial charge in [0.05, 0.1) is 0 Å². The number of nitrogens with zero attached hydrogens (tertiary/aromatic N) is 4. The van der Waals surface area contributed by atoms with Crippen LogP contribution >= 0.6 is 11.3 Å². The van der Waals surface area contributed by atoms with Gasteiger partial charge in [-0.05, 0) is 29.8 Å². The second-order valence-electron chi connectivity index (χ2n) is 5.07. The summed E-state index contributed by atoms with van der Waals surface area (Å²) in [5.41, 5.74) is 1.28. The molecule has 0 amide bonds. The maximum Gasteiger partial charge on any atom is 0.188 e. The molecule has 4 rings (SSSR count). The molecule has 3 heterocycles. The summed E-state index contributed by atoms with van der Waals surface area (Å²) in [7, 11) is 0. The van der Waals surface area contributed by atoms with Crippen molar-refractivity contribution in [2.45, 2.75) is 6.10 Å². The molecule has 0 spiro atoms. The number of rotatable bonds is 4. The quantitative estimate of drug-likeness (QED) is 0.596. The zero-order valence-corrected chi connectivity index (χ0v) is 13.1. The van der Waals surface area contributed by atoms with Crippen molar-refractivity contribution in [2.24, 2.45) is 0 Å². The highest BCUT2D eigenvalue weighted by molar-refractivity contribution is 7.13. The minimum atomic E-state index is -1.06. The largest absolute Gasteiger partial charge is 0.380 e. The van der Waals surface area contributed by atoms with Crippen molar-refractivity contribution in [1.29, 1.82) is 0 Å². The van der Waals surface area contributed by atoms with Gasteiger partial charge in [-0.25, -0.2) is 18.9 Å². The Hall–Kier alpha value is -2.84. The summed E-state index contributed by atoms with van der Waals surface area (Å²) in [6.07, 6.45) is 2.40. The first kappa shape index (κ1) is 14.7. The summed E-state index contributed by atoms with van der Waals surface area (Å²) in [6.45, 7) is 0. The van der Waals surface area contributed by atoms with Crippen LogP contribution in [0.25, 0.3) is 5.52 Å². The minimum absolute atomic E-state index is 0.212. The van der Waals surface area contributed by atoms with Crippen LogP contribution in [0.3, 0.4) is 0 Å². The van der Waals surface area contributed by atoms with Gasteiger partial charge in [0, 0.05) is 17.8 Å². The maximum absolute atomic E-state index is 13.1. The average molecular weight is 341 g/mol. The monoisotopic (exact) mass is 341 g/mol. The van der Waals surface area contributed by atoms with Crippen LogP contribution in [-0.2, 0) is 0 Å². The Morgan fingerprint density at radius 2 is 2.04 bits per heavy atom. The van der Waals surface area contributed by atoms with E-state index in [4.69, 9.17) is 0 Å². The van der Waals surface area contributed by atoms with Crippen molar-refractivity contribution in [3.63, 3.8) is 0 Å². The van der Waals surface area contributed by atoms with E-state index in [9.17, 15) is 9.50 Å². The van der Waals surface area contributed by atoms with E-state index in [1.807, 2.05) is 17.5 Å². The summed E-state index contributed by atoms with van der Waals surface area (Å²) < 4.78 is 14.7. The highest BCUT2D eigenvalue weighted by Gasteiger charge is 2.17. The van der Waals surface area contributed by atoms with E-state index in [0.29, 0.717) is 16.5 Å². The number of thiazole rings is 1. The Morgan fingerprint density at radius 1 is 1.21 bits per heavy atom. The third-order valence-corrected chi connectivity index (χ3v) is 4.18. The Morgan fingerprint density at radius 3 is 2.79 bits per heavy atom. The van der Waals surface area contributed by atoms with E-state index in [1.54, 1.807) is 16.9 Å². The third-order valence-electron chi connectivity index (χ3n) is 3.50. The van der Waals surface area contributed by atoms with Crippen LogP contribution in [0.15, 0.2) is 54.2 Å². The molecule has 0 aliphatic rings. The maximum atomic E-state index is 13.1. The molecule has 0 saturated carbocycles. The fourth-order valence-electron chi connectivity index (χ4n) is 2.34. The van der Waals surface area contributed by atoms with Gasteiger partial charge >= 0.3 is 0 Å². The van der Waals surface area contributed by atoms with E-state index < -0.39 is 6.10 Å². The lowest BCUT2D eigenvalue weighted by molar-refractivity contribution is 0.208. The Kier molecular flexibility index (Phi) is 3.68. The molecular formula is C16H12FN5OS. The van der Waals surface area contributed by atoms with Gasteiger partial charge in [0.25, 0.3) is 0 Å². The SMILES string of the molecule is OC(c1ccc(F)cc1)c1nc(Nc2nccs2)c2cccn2n1. The van der Waals surface area contributed by atoms with Gasteiger partial charge in [-0.3, -0.25) is 0 Å². The first-order chi connectivity index (χ1) is 11.7. The topological polar surface area (TPSA) is 75.3 Å². The van der Waals surface area contributed by atoms with Crippen LogP contribution in [0.4, 0.5) is 15.3 Å². The fourth-order valence-corrected chi connectivity index (χ4v) is 2.87. The van der Waals surface area contributed by atoms with Crippen LogP contribution in [0.1, 0.15) is 17.5 Å². The lowest BCUT2D eigenvalue weighted by Crippen LogP contribution is -2.11. The third kappa shape index (κ3) is 2.72. The normalized spacial score (nSPS) is 12.4. The number of benzene rings is 1. The molecule has 1 unspecified atom stereocenters. The lowest BCUT2D eigenvalue weighted by atomic mass is 10.1. The van der Waals surface area contributed by atoms with Crippen molar-refractivity contribution in [3.8, 4) is 0 Å². The Balaban J connectivity index is 1.76. The van der Waals surface area contributed by atoms with Gasteiger partial charge in [0.15, 0.2) is 16.8 Å². The molecular weight excluding hydrogens is 329 g/mol. The number of aliphatic hydroxyl groups is 1. The van der Waals surface area contributed by atoms with Crippen LogP contribution in [0, 0.1) is 5.82 Å². The number of nitrogens with one attached hydrogen (secondary N) is 1.